The first-order valence-corrected chi connectivity index (χ1v) is 6.06. The van der Waals surface area contributed by atoms with E-state index in [-0.39, 0.29) is 0 Å². The number of nitrogens with zero attached hydrogens (tertiary/aromatic N) is 3. The van der Waals surface area contributed by atoms with Gasteiger partial charge in [0.2, 0.25) is 5.95 Å². The Bertz CT molecular complexity index is 355. The molecule has 2 atom stereocenters. The predicted octanol–water partition coefficient (Wildman–Crippen LogP) is 1.48. The largest absolute Gasteiger partial charge is 0.336 e. The second-order valence-electron chi connectivity index (χ2n) is 4.00. The highest BCUT2D eigenvalue weighted by Gasteiger charge is 2.39. The van der Waals surface area contributed by atoms with Crippen LogP contribution >= 0.6 is 11.8 Å². The maximum atomic E-state index is 4.48. The van der Waals surface area contributed by atoms with Gasteiger partial charge in [0.15, 0.2) is 0 Å². The van der Waals surface area contributed by atoms with E-state index in [0.717, 1.165) is 23.4 Å². The zero-order valence-electron chi connectivity index (χ0n) is 8.18. The number of fused-ring (bicyclic) bond motifs is 2. The fraction of sp³-hybridized carbons (Fsp3) is 0.600. The number of thioether (sulfide) groups is 1. The summed E-state index contributed by atoms with van der Waals surface area (Å²) in [5.74, 6) is 2.18. The zero-order chi connectivity index (χ0) is 9.54. The van der Waals surface area contributed by atoms with Crippen LogP contribution in [0, 0.1) is 6.92 Å². The average molecular weight is 207 g/mol. The highest BCUT2D eigenvalue weighted by molar-refractivity contribution is 8.00. The molecule has 0 N–H and O–H groups in total. The van der Waals surface area contributed by atoms with Crippen LogP contribution in [0.2, 0.25) is 0 Å². The van der Waals surface area contributed by atoms with Gasteiger partial charge in [-0.25, -0.2) is 9.97 Å². The number of anilines is 1. The Morgan fingerprint density at radius 2 is 2.50 bits per heavy atom. The summed E-state index contributed by atoms with van der Waals surface area (Å²) in [7, 11) is 0. The van der Waals surface area contributed by atoms with Crippen LogP contribution in [0.5, 0.6) is 0 Å². The van der Waals surface area contributed by atoms with Gasteiger partial charge >= 0.3 is 0 Å². The molecule has 2 aliphatic rings. The molecule has 3 nitrogen and oxygen atoms in total. The van der Waals surface area contributed by atoms with Gasteiger partial charge in [0, 0.05) is 35.5 Å². The second-order valence-corrected chi connectivity index (χ2v) is 5.33. The number of rotatable bonds is 1. The summed E-state index contributed by atoms with van der Waals surface area (Å²) in [6.45, 7) is 3.16. The van der Waals surface area contributed by atoms with Gasteiger partial charge in [0.25, 0.3) is 0 Å². The number of aryl methyl sites for hydroxylation is 1. The Balaban J connectivity index is 1.89. The molecule has 3 heterocycles. The number of hydrogen-bond acceptors (Lipinski definition) is 4. The molecule has 2 fully saturated rings. The van der Waals surface area contributed by atoms with Gasteiger partial charge in [-0.2, -0.15) is 11.8 Å². The third-order valence-electron chi connectivity index (χ3n) is 2.94. The lowest BCUT2D eigenvalue weighted by Crippen LogP contribution is -2.35. The van der Waals surface area contributed by atoms with Gasteiger partial charge in [-0.3, -0.25) is 0 Å². The molecule has 3 rings (SSSR count). The van der Waals surface area contributed by atoms with Crippen molar-refractivity contribution in [3.63, 3.8) is 0 Å². The highest BCUT2D eigenvalue weighted by Crippen LogP contribution is 2.38. The van der Waals surface area contributed by atoms with Crippen molar-refractivity contribution in [1.82, 2.24) is 9.97 Å². The minimum atomic E-state index is 0.687. The first kappa shape index (κ1) is 8.53. The lowest BCUT2D eigenvalue weighted by Gasteiger charge is -2.26. The smallest absolute Gasteiger partial charge is 0.225 e. The predicted molar refractivity (Wildman–Crippen MR) is 58.8 cm³/mol. The highest BCUT2D eigenvalue weighted by atomic mass is 32.2. The SMILES string of the molecule is Cc1ccnc(N2C[C@H]3C[C@H]2CS3)n1. The van der Waals surface area contributed by atoms with Crippen molar-refractivity contribution >= 4 is 17.7 Å². The molecule has 0 amide bonds. The molecule has 14 heavy (non-hydrogen) atoms. The van der Waals surface area contributed by atoms with Crippen LogP contribution in [0.3, 0.4) is 0 Å². The van der Waals surface area contributed by atoms with Gasteiger partial charge < -0.3 is 4.90 Å². The maximum Gasteiger partial charge on any atom is 0.225 e. The summed E-state index contributed by atoms with van der Waals surface area (Å²) in [6.07, 6.45) is 3.18. The molecule has 0 saturated carbocycles. The average Bonchev–Trinajstić information content (AvgIpc) is 2.78. The lowest BCUT2D eigenvalue weighted by molar-refractivity contribution is 0.736. The van der Waals surface area contributed by atoms with Crippen molar-refractivity contribution in [2.45, 2.75) is 24.6 Å². The van der Waals surface area contributed by atoms with Gasteiger partial charge in [0.1, 0.15) is 0 Å². The van der Waals surface area contributed by atoms with Crippen LogP contribution in [0.1, 0.15) is 12.1 Å². The molecule has 74 valence electrons. The number of aromatic nitrogens is 2. The maximum absolute atomic E-state index is 4.48. The van der Waals surface area contributed by atoms with Crippen molar-refractivity contribution < 1.29 is 0 Å². The minimum absolute atomic E-state index is 0.687. The first-order valence-electron chi connectivity index (χ1n) is 5.01. The molecule has 0 unspecified atom stereocenters. The molecular formula is C10H13N3S. The van der Waals surface area contributed by atoms with E-state index in [0.29, 0.717) is 6.04 Å². The summed E-state index contributed by atoms with van der Waals surface area (Å²) in [6, 6.07) is 2.64. The van der Waals surface area contributed by atoms with E-state index in [1.165, 1.54) is 12.2 Å². The lowest BCUT2D eigenvalue weighted by atomic mass is 10.2. The number of hydrogen-bond donors (Lipinski definition) is 0. The molecule has 4 heteroatoms. The summed E-state index contributed by atoms with van der Waals surface area (Å²) in [5.41, 5.74) is 1.06. The zero-order valence-corrected chi connectivity index (χ0v) is 9.00. The quantitative estimate of drug-likeness (QED) is 0.697. The van der Waals surface area contributed by atoms with Crippen LogP contribution in [0.25, 0.3) is 0 Å². The van der Waals surface area contributed by atoms with Crippen molar-refractivity contribution in [1.29, 1.82) is 0 Å². The molecule has 0 radical (unpaired) electrons. The van der Waals surface area contributed by atoms with E-state index in [2.05, 4.69) is 26.6 Å². The fourth-order valence-electron chi connectivity index (χ4n) is 2.22. The molecule has 0 spiro atoms. The van der Waals surface area contributed by atoms with E-state index in [1.54, 1.807) is 0 Å². The summed E-state index contributed by atoms with van der Waals surface area (Å²) >= 11 is 2.10. The van der Waals surface area contributed by atoms with Gasteiger partial charge in [-0.15, -0.1) is 0 Å². The molecule has 2 aliphatic heterocycles. The van der Waals surface area contributed by atoms with Crippen molar-refractivity contribution in [2.75, 3.05) is 17.2 Å². The molecule has 1 aromatic rings. The molecule has 2 saturated heterocycles. The minimum Gasteiger partial charge on any atom is -0.336 e. The first-order chi connectivity index (χ1) is 6.83. The molecule has 0 aliphatic carbocycles. The van der Waals surface area contributed by atoms with Crippen LogP contribution in [0.4, 0.5) is 5.95 Å². The Labute approximate surface area is 87.9 Å². The third kappa shape index (κ3) is 1.29. The van der Waals surface area contributed by atoms with E-state index >= 15 is 0 Å². The van der Waals surface area contributed by atoms with Gasteiger partial charge in [-0.05, 0) is 19.4 Å². The molecular weight excluding hydrogens is 194 g/mol. The summed E-state index contributed by atoms with van der Waals surface area (Å²) < 4.78 is 0. The van der Waals surface area contributed by atoms with E-state index < -0.39 is 0 Å². The molecule has 0 aromatic carbocycles. The molecule has 2 bridgehead atoms. The Morgan fingerprint density at radius 1 is 1.57 bits per heavy atom. The van der Waals surface area contributed by atoms with Crippen LogP contribution in [-0.4, -0.2) is 33.6 Å². The van der Waals surface area contributed by atoms with E-state index in [4.69, 9.17) is 0 Å². The van der Waals surface area contributed by atoms with Gasteiger partial charge in [-0.1, -0.05) is 0 Å². The normalized spacial score (nSPS) is 29.9. The van der Waals surface area contributed by atoms with Crippen molar-refractivity contribution in [3.05, 3.63) is 18.0 Å². The Kier molecular flexibility index (Phi) is 1.90. The summed E-state index contributed by atoms with van der Waals surface area (Å²) in [5, 5.41) is 0.823. The monoisotopic (exact) mass is 207 g/mol. The van der Waals surface area contributed by atoms with Crippen molar-refractivity contribution in [2.24, 2.45) is 0 Å². The topological polar surface area (TPSA) is 29.0 Å². The third-order valence-corrected chi connectivity index (χ3v) is 4.33. The van der Waals surface area contributed by atoms with Crippen molar-refractivity contribution in [3.8, 4) is 0 Å². The van der Waals surface area contributed by atoms with Gasteiger partial charge in [0.05, 0.1) is 0 Å². The van der Waals surface area contributed by atoms with E-state index in [1.807, 2.05) is 19.2 Å². The fourth-order valence-corrected chi connectivity index (χ4v) is 3.65. The molecule has 1 aromatic heterocycles. The van der Waals surface area contributed by atoms with Crippen LogP contribution < -0.4 is 4.90 Å². The van der Waals surface area contributed by atoms with Crippen LogP contribution in [0.15, 0.2) is 12.3 Å². The summed E-state index contributed by atoms with van der Waals surface area (Å²) in [4.78, 5) is 11.2. The standard InChI is InChI=1S/C10H13N3S/c1-7-2-3-11-10(12-7)13-5-9-4-8(13)6-14-9/h2-3,8-9H,4-6H2,1H3/t8-,9+/m0/s1. The van der Waals surface area contributed by atoms with E-state index in [9.17, 15) is 0 Å². The Morgan fingerprint density at radius 3 is 3.14 bits per heavy atom. The second kappa shape index (κ2) is 3.12. The Hall–Kier alpha value is -0.770. The van der Waals surface area contributed by atoms with Crippen LogP contribution in [-0.2, 0) is 0 Å².